The second-order valence-electron chi connectivity index (χ2n) is 7.55. The zero-order valence-corrected chi connectivity index (χ0v) is 14.3. The van der Waals surface area contributed by atoms with Gasteiger partial charge in [-0.2, -0.15) is 0 Å². The summed E-state index contributed by atoms with van der Waals surface area (Å²) in [6, 6.07) is 9.07. The van der Waals surface area contributed by atoms with Crippen LogP contribution in [0.2, 0.25) is 0 Å². The molecule has 1 aliphatic heterocycles. The van der Waals surface area contributed by atoms with E-state index in [0.717, 1.165) is 19.0 Å². The highest BCUT2D eigenvalue weighted by Gasteiger charge is 2.17. The Morgan fingerprint density at radius 2 is 1.81 bits per heavy atom. The highest BCUT2D eigenvalue weighted by atomic mass is 15.1. The fraction of sp³-hybridized carbons (Fsp3) is 0.684. The number of nitrogens with zero attached hydrogens (tertiary/aromatic N) is 1. The minimum Gasteiger partial charge on any atom is -0.308 e. The Labute approximate surface area is 130 Å². The van der Waals surface area contributed by atoms with Crippen molar-refractivity contribution in [3.8, 4) is 0 Å². The van der Waals surface area contributed by atoms with E-state index in [4.69, 9.17) is 0 Å². The average Bonchev–Trinajstić information content (AvgIpc) is 2.46. The largest absolute Gasteiger partial charge is 0.308 e. The van der Waals surface area contributed by atoms with Crippen molar-refractivity contribution in [3.63, 3.8) is 0 Å². The zero-order valence-electron chi connectivity index (χ0n) is 14.3. The summed E-state index contributed by atoms with van der Waals surface area (Å²) in [7, 11) is 0. The molecule has 0 amide bonds. The number of hydrogen-bond acceptors (Lipinski definition) is 2. The van der Waals surface area contributed by atoms with Crippen LogP contribution in [-0.2, 0) is 13.1 Å². The molecule has 0 aromatic heterocycles. The van der Waals surface area contributed by atoms with Gasteiger partial charge in [0.25, 0.3) is 0 Å². The molecule has 1 aromatic carbocycles. The fourth-order valence-electron chi connectivity index (χ4n) is 3.02. The third-order valence-corrected chi connectivity index (χ3v) is 4.50. The fourth-order valence-corrected chi connectivity index (χ4v) is 3.02. The monoisotopic (exact) mass is 288 g/mol. The van der Waals surface area contributed by atoms with Crippen molar-refractivity contribution in [1.82, 2.24) is 10.2 Å². The predicted molar refractivity (Wildman–Crippen MR) is 91.3 cm³/mol. The number of rotatable bonds is 5. The molecular weight excluding hydrogens is 256 g/mol. The van der Waals surface area contributed by atoms with Crippen molar-refractivity contribution in [2.45, 2.75) is 65.6 Å². The highest BCUT2D eigenvalue weighted by molar-refractivity contribution is 5.23. The maximum Gasteiger partial charge on any atom is 0.0233 e. The van der Waals surface area contributed by atoms with Crippen LogP contribution in [0.3, 0.4) is 0 Å². The topological polar surface area (TPSA) is 15.3 Å². The highest BCUT2D eigenvalue weighted by Crippen LogP contribution is 2.21. The van der Waals surface area contributed by atoms with Crippen LogP contribution in [0, 0.1) is 5.92 Å². The molecule has 2 heteroatoms. The quantitative estimate of drug-likeness (QED) is 0.873. The molecule has 1 aromatic rings. The van der Waals surface area contributed by atoms with E-state index >= 15 is 0 Å². The van der Waals surface area contributed by atoms with E-state index in [0.29, 0.717) is 0 Å². The van der Waals surface area contributed by atoms with Gasteiger partial charge in [-0.25, -0.2) is 0 Å². The first-order chi connectivity index (χ1) is 9.96. The first kappa shape index (κ1) is 16.5. The lowest BCUT2D eigenvalue weighted by Gasteiger charge is -2.31. The second kappa shape index (κ2) is 7.42. The molecule has 0 saturated carbocycles. The number of hydrogen-bond donors (Lipinski definition) is 1. The maximum absolute atomic E-state index is 3.57. The third-order valence-electron chi connectivity index (χ3n) is 4.50. The second-order valence-corrected chi connectivity index (χ2v) is 7.55. The molecule has 1 heterocycles. The van der Waals surface area contributed by atoms with Crippen LogP contribution in [0.4, 0.5) is 0 Å². The summed E-state index contributed by atoms with van der Waals surface area (Å²) in [5, 5.41) is 3.57. The Kier molecular flexibility index (Phi) is 5.83. The van der Waals surface area contributed by atoms with Gasteiger partial charge in [-0.1, -0.05) is 37.6 Å². The summed E-state index contributed by atoms with van der Waals surface area (Å²) in [5.74, 6) is 0.962. The number of benzene rings is 1. The normalized spacial score (nSPS) is 18.1. The van der Waals surface area contributed by atoms with Crippen LogP contribution in [0.25, 0.3) is 0 Å². The number of likely N-dealkylation sites (tertiary alicyclic amines) is 1. The predicted octanol–water partition coefficient (Wildman–Crippen LogP) is 4.20. The van der Waals surface area contributed by atoms with Gasteiger partial charge in [0.2, 0.25) is 0 Å². The van der Waals surface area contributed by atoms with Gasteiger partial charge in [-0.05, 0) is 63.7 Å². The van der Waals surface area contributed by atoms with Gasteiger partial charge in [0.05, 0.1) is 0 Å². The first-order valence-corrected chi connectivity index (χ1v) is 8.51. The molecule has 0 radical (unpaired) electrons. The molecule has 2 rings (SSSR count). The van der Waals surface area contributed by atoms with E-state index in [1.807, 2.05) is 0 Å². The van der Waals surface area contributed by atoms with Crippen LogP contribution in [0.5, 0.6) is 0 Å². The van der Waals surface area contributed by atoms with Gasteiger partial charge in [-0.15, -0.1) is 0 Å². The van der Waals surface area contributed by atoms with Crippen LogP contribution in [0.1, 0.15) is 58.1 Å². The molecule has 118 valence electrons. The van der Waals surface area contributed by atoms with E-state index in [9.17, 15) is 0 Å². The van der Waals surface area contributed by atoms with E-state index < -0.39 is 0 Å². The SMILES string of the molecule is CCC1CCN(Cc2cccc(CNC(C)(C)C)c2)CC1. The summed E-state index contributed by atoms with van der Waals surface area (Å²) < 4.78 is 0. The van der Waals surface area contributed by atoms with Gasteiger partial charge in [0, 0.05) is 18.6 Å². The van der Waals surface area contributed by atoms with Crippen LogP contribution < -0.4 is 5.32 Å². The standard InChI is InChI=1S/C19H32N2/c1-5-16-9-11-21(12-10-16)15-18-8-6-7-17(13-18)14-20-19(2,3)4/h6-8,13,16,20H,5,9-12,14-15H2,1-4H3. The summed E-state index contributed by atoms with van der Waals surface area (Å²) in [6.07, 6.45) is 4.10. The van der Waals surface area contributed by atoms with Gasteiger partial charge < -0.3 is 5.32 Å². The smallest absolute Gasteiger partial charge is 0.0233 e. The van der Waals surface area contributed by atoms with Gasteiger partial charge in [0.1, 0.15) is 0 Å². The van der Waals surface area contributed by atoms with Crippen molar-refractivity contribution in [1.29, 1.82) is 0 Å². The minimum atomic E-state index is 0.179. The molecule has 0 atom stereocenters. The maximum atomic E-state index is 3.57. The van der Waals surface area contributed by atoms with Crippen molar-refractivity contribution in [2.24, 2.45) is 5.92 Å². The molecule has 21 heavy (non-hydrogen) atoms. The number of piperidine rings is 1. The summed E-state index contributed by atoms with van der Waals surface area (Å²) >= 11 is 0. The Morgan fingerprint density at radius 1 is 1.14 bits per heavy atom. The van der Waals surface area contributed by atoms with E-state index in [1.54, 1.807) is 0 Å². The molecule has 1 N–H and O–H groups in total. The van der Waals surface area contributed by atoms with Gasteiger partial charge >= 0.3 is 0 Å². The van der Waals surface area contributed by atoms with Gasteiger partial charge in [-0.3, -0.25) is 4.90 Å². The third kappa shape index (κ3) is 5.80. The van der Waals surface area contributed by atoms with Crippen molar-refractivity contribution < 1.29 is 0 Å². The Balaban J connectivity index is 1.86. The Bertz CT molecular complexity index is 425. The van der Waals surface area contributed by atoms with Crippen LogP contribution >= 0.6 is 0 Å². The Morgan fingerprint density at radius 3 is 2.43 bits per heavy atom. The van der Waals surface area contributed by atoms with Crippen molar-refractivity contribution in [3.05, 3.63) is 35.4 Å². The summed E-state index contributed by atoms with van der Waals surface area (Å²) in [6.45, 7) is 13.6. The lowest BCUT2D eigenvalue weighted by atomic mass is 9.94. The lowest BCUT2D eigenvalue weighted by molar-refractivity contribution is 0.175. The average molecular weight is 288 g/mol. The van der Waals surface area contributed by atoms with E-state index in [2.05, 4.69) is 62.2 Å². The summed E-state index contributed by atoms with van der Waals surface area (Å²) in [4.78, 5) is 2.61. The molecule has 2 nitrogen and oxygen atoms in total. The minimum absolute atomic E-state index is 0.179. The molecule has 0 spiro atoms. The Hall–Kier alpha value is -0.860. The van der Waals surface area contributed by atoms with Crippen LogP contribution in [-0.4, -0.2) is 23.5 Å². The van der Waals surface area contributed by atoms with Gasteiger partial charge in [0.15, 0.2) is 0 Å². The molecule has 0 bridgehead atoms. The zero-order chi connectivity index (χ0) is 15.3. The van der Waals surface area contributed by atoms with E-state index in [-0.39, 0.29) is 5.54 Å². The molecule has 1 aliphatic rings. The summed E-state index contributed by atoms with van der Waals surface area (Å²) in [5.41, 5.74) is 3.03. The van der Waals surface area contributed by atoms with Crippen molar-refractivity contribution >= 4 is 0 Å². The molecule has 0 aliphatic carbocycles. The molecule has 0 unspecified atom stereocenters. The van der Waals surface area contributed by atoms with E-state index in [1.165, 1.54) is 43.5 Å². The molecular formula is C19H32N2. The molecule has 1 fully saturated rings. The first-order valence-electron chi connectivity index (χ1n) is 8.51. The van der Waals surface area contributed by atoms with Crippen molar-refractivity contribution in [2.75, 3.05) is 13.1 Å². The number of nitrogens with one attached hydrogen (secondary N) is 1. The lowest BCUT2D eigenvalue weighted by Crippen LogP contribution is -2.35. The molecule has 1 saturated heterocycles. The van der Waals surface area contributed by atoms with Crippen LogP contribution in [0.15, 0.2) is 24.3 Å².